The van der Waals surface area contributed by atoms with Crippen LogP contribution in [0, 0.1) is 0 Å². The molecule has 1 aliphatic carbocycles. The average molecular weight is 415 g/mol. The Morgan fingerprint density at radius 2 is 1.52 bits per heavy atom. The van der Waals surface area contributed by atoms with Gasteiger partial charge in [-0.25, -0.2) is 0 Å². The van der Waals surface area contributed by atoms with E-state index >= 15 is 0 Å². The van der Waals surface area contributed by atoms with E-state index in [0.29, 0.717) is 5.92 Å². The second kappa shape index (κ2) is 7.31. The van der Waals surface area contributed by atoms with Gasteiger partial charge in [0.2, 0.25) is 0 Å². The standard InChI is InChI=1S/C27H26O4/c1-28-25-14-19-17-7-3-6-10-23(17)31-27(21(19)15-26(25)29-2)16-11-12-24-20(13-16)18-8-4-5-9-22(18)30-24/h4-5,8-9,11-15,17,23,27H,3,6-7,10H2,1-2H3/t17-,23+,27-/m1/s1. The largest absolute Gasteiger partial charge is 0.493 e. The molecule has 1 saturated carbocycles. The third kappa shape index (κ3) is 2.93. The summed E-state index contributed by atoms with van der Waals surface area (Å²) < 4.78 is 24.1. The highest BCUT2D eigenvalue weighted by Gasteiger charge is 2.39. The maximum absolute atomic E-state index is 6.79. The van der Waals surface area contributed by atoms with Crippen molar-refractivity contribution in [2.45, 2.75) is 43.8 Å². The minimum Gasteiger partial charge on any atom is -0.493 e. The quantitative estimate of drug-likeness (QED) is 0.372. The Bertz CT molecular complexity index is 1270. The second-order valence-corrected chi connectivity index (χ2v) is 8.64. The first kappa shape index (κ1) is 18.8. The maximum atomic E-state index is 6.79. The highest BCUT2D eigenvalue weighted by atomic mass is 16.5. The molecule has 158 valence electrons. The molecule has 4 heteroatoms. The Kier molecular flexibility index (Phi) is 4.43. The minimum atomic E-state index is -0.132. The Labute approximate surface area is 181 Å². The van der Waals surface area contributed by atoms with Crippen LogP contribution in [0.3, 0.4) is 0 Å². The first-order chi connectivity index (χ1) is 15.3. The van der Waals surface area contributed by atoms with Gasteiger partial charge < -0.3 is 18.6 Å². The van der Waals surface area contributed by atoms with Gasteiger partial charge in [0.15, 0.2) is 11.5 Å². The summed E-state index contributed by atoms with van der Waals surface area (Å²) in [6.07, 6.45) is 4.84. The van der Waals surface area contributed by atoms with Crippen LogP contribution in [0.4, 0.5) is 0 Å². The lowest BCUT2D eigenvalue weighted by molar-refractivity contribution is -0.0390. The van der Waals surface area contributed by atoms with Gasteiger partial charge in [0.05, 0.1) is 20.3 Å². The highest BCUT2D eigenvalue weighted by Crippen LogP contribution is 2.50. The molecule has 0 spiro atoms. The molecule has 3 atom stereocenters. The number of fused-ring (bicyclic) bond motifs is 6. The van der Waals surface area contributed by atoms with Crippen molar-refractivity contribution in [1.82, 2.24) is 0 Å². The molecule has 3 aromatic carbocycles. The van der Waals surface area contributed by atoms with Crippen LogP contribution in [0.15, 0.2) is 59.0 Å². The molecule has 2 aliphatic rings. The normalized spacial score (nSPS) is 22.8. The summed E-state index contributed by atoms with van der Waals surface area (Å²) in [6.45, 7) is 0. The monoisotopic (exact) mass is 414 g/mol. The zero-order chi connectivity index (χ0) is 20.9. The van der Waals surface area contributed by atoms with E-state index in [2.05, 4.69) is 42.5 Å². The molecule has 6 rings (SSSR count). The summed E-state index contributed by atoms with van der Waals surface area (Å²) in [4.78, 5) is 0. The van der Waals surface area contributed by atoms with Crippen LogP contribution in [-0.2, 0) is 4.74 Å². The molecule has 0 saturated heterocycles. The minimum absolute atomic E-state index is 0.132. The molecule has 0 bridgehead atoms. The average Bonchev–Trinajstić information content (AvgIpc) is 3.20. The van der Waals surface area contributed by atoms with Crippen molar-refractivity contribution >= 4 is 21.9 Å². The molecular weight excluding hydrogens is 388 g/mol. The van der Waals surface area contributed by atoms with Crippen LogP contribution in [0.5, 0.6) is 11.5 Å². The fourth-order valence-corrected chi connectivity index (χ4v) is 5.49. The smallest absolute Gasteiger partial charge is 0.161 e. The highest BCUT2D eigenvalue weighted by molar-refractivity contribution is 6.05. The molecule has 1 fully saturated rings. The molecule has 0 amide bonds. The predicted molar refractivity (Wildman–Crippen MR) is 121 cm³/mol. The Morgan fingerprint density at radius 3 is 2.35 bits per heavy atom. The molecule has 2 heterocycles. The zero-order valence-electron chi connectivity index (χ0n) is 17.9. The Balaban J connectivity index is 1.54. The van der Waals surface area contributed by atoms with Crippen LogP contribution >= 0.6 is 0 Å². The van der Waals surface area contributed by atoms with Crippen LogP contribution in [0.1, 0.15) is 54.4 Å². The molecule has 31 heavy (non-hydrogen) atoms. The van der Waals surface area contributed by atoms with Crippen molar-refractivity contribution < 1.29 is 18.6 Å². The fraction of sp³-hybridized carbons (Fsp3) is 0.333. The number of methoxy groups -OCH3 is 2. The van der Waals surface area contributed by atoms with E-state index in [-0.39, 0.29) is 12.2 Å². The third-order valence-electron chi connectivity index (χ3n) is 6.99. The van der Waals surface area contributed by atoms with Gasteiger partial charge in [-0.1, -0.05) is 37.1 Å². The summed E-state index contributed by atoms with van der Waals surface area (Å²) >= 11 is 0. The summed E-state index contributed by atoms with van der Waals surface area (Å²) in [5.74, 6) is 1.96. The molecule has 0 N–H and O–H groups in total. The SMILES string of the molecule is COc1cc2c(cc1OC)[C@H]1CCCC[C@@H]1O[C@@H]2c1ccc2oc3ccccc3c2c1. The second-order valence-electron chi connectivity index (χ2n) is 8.64. The number of rotatable bonds is 3. The van der Waals surface area contributed by atoms with Crippen molar-refractivity contribution in [2.75, 3.05) is 14.2 Å². The first-order valence-electron chi connectivity index (χ1n) is 11.1. The van der Waals surface area contributed by atoms with Gasteiger partial charge >= 0.3 is 0 Å². The van der Waals surface area contributed by atoms with Gasteiger partial charge in [-0.2, -0.15) is 0 Å². The summed E-state index contributed by atoms with van der Waals surface area (Å²) in [6, 6.07) is 18.9. The lowest BCUT2D eigenvalue weighted by Gasteiger charge is -2.41. The third-order valence-corrected chi connectivity index (χ3v) is 6.99. The van der Waals surface area contributed by atoms with Crippen molar-refractivity contribution in [3.05, 3.63) is 71.3 Å². The van der Waals surface area contributed by atoms with Crippen LogP contribution in [0.25, 0.3) is 21.9 Å². The number of benzene rings is 3. The molecule has 4 nitrogen and oxygen atoms in total. The van der Waals surface area contributed by atoms with Crippen molar-refractivity contribution in [3.8, 4) is 11.5 Å². The number of furan rings is 1. The van der Waals surface area contributed by atoms with Crippen LogP contribution in [-0.4, -0.2) is 20.3 Å². The van der Waals surface area contributed by atoms with Crippen LogP contribution in [0.2, 0.25) is 0 Å². The summed E-state index contributed by atoms with van der Waals surface area (Å²) in [5.41, 5.74) is 5.50. The van der Waals surface area contributed by atoms with Gasteiger partial charge in [0.1, 0.15) is 17.3 Å². The molecule has 4 aromatic rings. The van der Waals surface area contributed by atoms with Crippen molar-refractivity contribution in [1.29, 1.82) is 0 Å². The van der Waals surface area contributed by atoms with E-state index in [4.69, 9.17) is 18.6 Å². The van der Waals surface area contributed by atoms with Gasteiger partial charge in [0.25, 0.3) is 0 Å². The van der Waals surface area contributed by atoms with E-state index in [9.17, 15) is 0 Å². The van der Waals surface area contributed by atoms with Crippen molar-refractivity contribution in [2.24, 2.45) is 0 Å². The molecule has 0 unspecified atom stereocenters. The van der Waals surface area contributed by atoms with E-state index in [1.54, 1.807) is 14.2 Å². The summed E-state index contributed by atoms with van der Waals surface area (Å²) in [5, 5.41) is 2.27. The van der Waals surface area contributed by atoms with Gasteiger partial charge in [-0.3, -0.25) is 0 Å². The maximum Gasteiger partial charge on any atom is 0.161 e. The lowest BCUT2D eigenvalue weighted by atomic mass is 9.75. The van der Waals surface area contributed by atoms with E-state index in [1.807, 2.05) is 12.1 Å². The number of hydrogen-bond acceptors (Lipinski definition) is 4. The number of ether oxygens (including phenoxy) is 3. The summed E-state index contributed by atoms with van der Waals surface area (Å²) in [7, 11) is 3.40. The molecule has 1 aromatic heterocycles. The van der Waals surface area contributed by atoms with Gasteiger partial charge in [-0.05, 0) is 59.9 Å². The van der Waals surface area contributed by atoms with E-state index in [1.165, 1.54) is 24.0 Å². The Morgan fingerprint density at radius 1 is 0.774 bits per heavy atom. The number of hydrogen-bond donors (Lipinski definition) is 0. The Hall–Kier alpha value is -2.98. The predicted octanol–water partition coefficient (Wildman–Crippen LogP) is 6.75. The fourth-order valence-electron chi connectivity index (χ4n) is 5.49. The topological polar surface area (TPSA) is 40.8 Å². The van der Waals surface area contributed by atoms with Crippen molar-refractivity contribution in [3.63, 3.8) is 0 Å². The van der Waals surface area contributed by atoms with Gasteiger partial charge in [-0.15, -0.1) is 0 Å². The number of para-hydroxylation sites is 1. The lowest BCUT2D eigenvalue weighted by Crippen LogP contribution is -2.33. The molecule has 1 aliphatic heterocycles. The van der Waals surface area contributed by atoms with Crippen LogP contribution < -0.4 is 9.47 Å². The first-order valence-corrected chi connectivity index (χ1v) is 11.1. The molecular formula is C27H26O4. The van der Waals surface area contributed by atoms with Gasteiger partial charge in [0, 0.05) is 16.7 Å². The molecule has 0 radical (unpaired) electrons. The van der Waals surface area contributed by atoms with E-state index in [0.717, 1.165) is 51.8 Å². The van der Waals surface area contributed by atoms with E-state index < -0.39 is 0 Å². The zero-order valence-corrected chi connectivity index (χ0v) is 17.9.